The summed E-state index contributed by atoms with van der Waals surface area (Å²) in [5.41, 5.74) is -2.89. The first-order valence-corrected chi connectivity index (χ1v) is 37.0. The minimum absolute atomic E-state index is 0. The molecule has 0 amide bonds. The van der Waals surface area contributed by atoms with Gasteiger partial charge in [0.15, 0.2) is 11.3 Å². The van der Waals surface area contributed by atoms with Crippen LogP contribution in [0.25, 0.3) is 0 Å². The Morgan fingerprint density at radius 1 is 0.268 bits per heavy atom. The van der Waals surface area contributed by atoms with Crippen LogP contribution >= 0.6 is 0 Å². The predicted molar refractivity (Wildman–Crippen MR) is 409 cm³/mol. The normalized spacial score (nSPS) is 18.2. The smallest absolute Gasteiger partial charge is 0.545 e. The van der Waals surface area contributed by atoms with E-state index < -0.39 is 68.2 Å². The van der Waals surface area contributed by atoms with Crippen LogP contribution in [0.2, 0.25) is 0 Å². The van der Waals surface area contributed by atoms with Crippen molar-refractivity contribution in [1.29, 1.82) is 0 Å². The van der Waals surface area contributed by atoms with Gasteiger partial charge in [0.25, 0.3) is 11.3 Å². The van der Waals surface area contributed by atoms with Crippen LogP contribution in [0.5, 0.6) is 0 Å². The Kier molecular flexibility index (Phi) is 32.3. The second-order valence-electron chi connectivity index (χ2n) is 36.0. The maximum atomic E-state index is 12.4. The monoisotopic (exact) mass is 1430 g/mol. The number of aliphatic imine (C=N–C) groups is 8. The number of hydrogen-bond donors (Lipinski definition) is 2. The summed E-state index contributed by atoms with van der Waals surface area (Å²) in [7, 11) is 0. The van der Waals surface area contributed by atoms with Gasteiger partial charge >= 0.3 is 57.4 Å². The molecule has 2 N–H and O–H groups in total. The van der Waals surface area contributed by atoms with E-state index in [0.717, 1.165) is 148 Å². The van der Waals surface area contributed by atoms with Crippen LogP contribution in [0.15, 0.2) is 39.9 Å². The molecule has 97 heavy (non-hydrogen) atoms. The van der Waals surface area contributed by atoms with Crippen molar-refractivity contribution in [2.24, 2.45) is 105 Å². The molecular weight excluding hydrogens is 1290 g/mol. The van der Waals surface area contributed by atoms with E-state index in [9.17, 15) is 39.6 Å². The third-order valence-corrected chi connectivity index (χ3v) is 23.7. The third kappa shape index (κ3) is 18.9. The van der Waals surface area contributed by atoms with Crippen molar-refractivity contribution < 1.29 is 39.6 Å². The van der Waals surface area contributed by atoms with Crippen LogP contribution in [0.4, 0.5) is 0 Å². The Morgan fingerprint density at radius 3 is 0.474 bits per heavy atom. The van der Waals surface area contributed by atoms with Crippen molar-refractivity contribution in [3.8, 4) is 0 Å². The summed E-state index contributed by atoms with van der Waals surface area (Å²) in [5, 5.41) is 44.7. The van der Waals surface area contributed by atoms with Gasteiger partial charge in [-0.1, -0.05) is 275 Å². The molecule has 4 aliphatic rings. The maximum absolute atomic E-state index is 12.4. The van der Waals surface area contributed by atoms with E-state index in [0.29, 0.717) is 0 Å². The predicted octanol–water partition coefficient (Wildman–Crippen LogP) is 18.4. The Morgan fingerprint density at radius 2 is 0.381 bits per heavy atom. The van der Waals surface area contributed by atoms with Crippen molar-refractivity contribution in [3.63, 3.8) is 0 Å². The van der Waals surface area contributed by atoms with Gasteiger partial charge in [-0.05, 0) is 77.0 Å². The zero-order valence-electron chi connectivity index (χ0n) is 68.9. The quantitative estimate of drug-likeness (QED) is 0.0611. The molecule has 17 heteroatoms. The van der Waals surface area contributed by atoms with Gasteiger partial charge in [0.1, 0.15) is 0 Å². The van der Waals surface area contributed by atoms with Gasteiger partial charge in [-0.25, -0.2) is 29.6 Å². The fraction of sp³-hybridized carbons (Fsp3) is 0.850. The number of carboxylic acid groups (broad SMARTS) is 4. The van der Waals surface area contributed by atoms with Crippen LogP contribution in [-0.2, 0) is 19.2 Å². The zero-order valence-corrected chi connectivity index (χ0v) is 72.4. The molecule has 4 aliphatic heterocycles. The number of carbonyl (C=O) groups is 4. The summed E-state index contributed by atoms with van der Waals surface area (Å²) < 4.78 is 0. The Balaban J connectivity index is 0.00000126. The molecule has 0 bridgehead atoms. The van der Waals surface area contributed by atoms with E-state index in [4.69, 9.17) is 39.9 Å². The Labute approximate surface area is 629 Å². The number of carboxylic acids is 4. The van der Waals surface area contributed by atoms with Crippen LogP contribution < -0.4 is 10.2 Å². The molecule has 4 heterocycles. The molecule has 0 aromatic heterocycles. The average Bonchev–Trinajstić information content (AvgIpc) is 1.61. The molecule has 0 saturated carbocycles. The van der Waals surface area contributed by atoms with Gasteiger partial charge in [-0.3, -0.25) is 20.0 Å². The summed E-state index contributed by atoms with van der Waals surface area (Å²) in [6.07, 6.45) is 13.7. The van der Waals surface area contributed by atoms with Crippen LogP contribution in [0.3, 0.4) is 0 Å². The van der Waals surface area contributed by atoms with Crippen LogP contribution in [0.1, 0.15) is 352 Å². The van der Waals surface area contributed by atoms with Crippen molar-refractivity contribution in [2.45, 2.75) is 375 Å². The molecule has 0 aliphatic carbocycles. The van der Waals surface area contributed by atoms with E-state index in [1.165, 1.54) is 0 Å². The number of rotatable bonds is 32. The Hall–Kier alpha value is -3.28. The summed E-state index contributed by atoms with van der Waals surface area (Å²) in [6.45, 7) is 74.9. The fourth-order valence-electron chi connectivity index (χ4n) is 12.8. The number of nitrogens with zero attached hydrogens (tertiary/aromatic N) is 8. The topological polar surface area (TPSA) is 254 Å². The minimum Gasteiger partial charge on any atom is -0.545 e. The molecule has 0 atom stereocenters. The standard InChI is InChI=1S/4C20H36N2O2.Sr/c4*1-10-13-19(8,9)20(16(23)24)21-14(17(4,5)11-2)15(22-20)18(6,7)12-3;/h4*10-13H2,1-9H3,(H,23,24);/q;;;;+2/p-2. The van der Waals surface area contributed by atoms with Crippen LogP contribution in [-0.4, -0.2) is 148 Å². The van der Waals surface area contributed by atoms with E-state index in [-0.39, 0.29) is 88.8 Å². The molecule has 552 valence electrons. The average molecular weight is 1430 g/mol. The van der Waals surface area contributed by atoms with E-state index >= 15 is 0 Å². The third-order valence-electron chi connectivity index (χ3n) is 23.7. The second kappa shape index (κ2) is 33.4. The summed E-state index contributed by atoms with van der Waals surface area (Å²) in [5.74, 6) is -4.25. The summed E-state index contributed by atoms with van der Waals surface area (Å²) >= 11 is 0. The van der Waals surface area contributed by atoms with Gasteiger partial charge < -0.3 is 30.0 Å². The SMILES string of the molecule is CCCC(C)(C)C1(C(=O)O)N=C(C(C)(C)CC)C(C(C)(C)CC)=N1.CCCC(C)(C)C1(C(=O)O)N=C(C(C)(C)CC)C(C(C)(C)CC)=N1.CCCC(C)(C)C1(C(=O)[O-])N=C(C(C)(C)CC)C(C(C)(C)CC)=N1.CCCC(C)(C)C1(C(=O)[O-])N=C(C(C)(C)CC)C(C(C)(C)CC)=N1.[Sr+2]. The molecule has 0 aromatic carbocycles. The molecule has 4 rings (SSSR count). The molecule has 0 spiro atoms. The van der Waals surface area contributed by atoms with Crippen molar-refractivity contribution in [2.75, 3.05) is 0 Å². The largest absolute Gasteiger partial charge is 2.00 e. The molecular formula is C80H142N8O8Sr. The molecule has 0 aromatic rings. The molecule has 0 fully saturated rings. The molecule has 16 nitrogen and oxygen atoms in total. The van der Waals surface area contributed by atoms with Gasteiger partial charge in [-0.2, -0.15) is 0 Å². The van der Waals surface area contributed by atoms with Crippen molar-refractivity contribution in [3.05, 3.63) is 0 Å². The fourth-order valence-corrected chi connectivity index (χ4v) is 12.8. The minimum atomic E-state index is -1.52. The molecule has 0 saturated heterocycles. The number of hydrogen-bond acceptors (Lipinski definition) is 14. The van der Waals surface area contributed by atoms with Gasteiger partial charge in [0.05, 0.1) is 57.6 Å². The summed E-state index contributed by atoms with van der Waals surface area (Å²) in [6, 6.07) is 0. The van der Waals surface area contributed by atoms with Crippen LogP contribution in [0, 0.1) is 65.0 Å². The number of carbonyl (C=O) groups excluding carboxylic acids is 2. The van der Waals surface area contributed by atoms with Crippen molar-refractivity contribution >= 4 is 115 Å². The maximum Gasteiger partial charge on any atom is 2.00 e. The summed E-state index contributed by atoms with van der Waals surface area (Å²) in [4.78, 5) is 87.8. The first-order valence-electron chi connectivity index (χ1n) is 37.0. The van der Waals surface area contributed by atoms with Gasteiger partial charge in [0.2, 0.25) is 0 Å². The van der Waals surface area contributed by atoms with E-state index in [2.05, 4.69) is 194 Å². The first-order chi connectivity index (χ1) is 43.2. The number of aliphatic carboxylic acids is 4. The van der Waals surface area contributed by atoms with Crippen molar-refractivity contribution in [1.82, 2.24) is 0 Å². The van der Waals surface area contributed by atoms with E-state index in [1.807, 2.05) is 55.4 Å². The Bertz CT molecular complexity index is 2500. The molecule has 0 radical (unpaired) electrons. The zero-order chi connectivity index (χ0) is 75.9. The first kappa shape index (κ1) is 93.7. The van der Waals surface area contributed by atoms with Gasteiger partial charge in [0, 0.05) is 65.0 Å². The second-order valence-corrected chi connectivity index (χ2v) is 36.0. The van der Waals surface area contributed by atoms with Gasteiger partial charge in [-0.15, -0.1) is 0 Å². The molecule has 0 unspecified atom stereocenters. The van der Waals surface area contributed by atoms with E-state index in [1.54, 1.807) is 0 Å².